The molecule has 1 aliphatic heterocycles. The molecule has 3 nitrogen and oxygen atoms in total. The van der Waals surface area contributed by atoms with Crippen molar-refractivity contribution in [3.63, 3.8) is 0 Å². The summed E-state index contributed by atoms with van der Waals surface area (Å²) in [5, 5.41) is 0. The molecule has 1 amide bonds. The molecule has 5 heteroatoms. The molecule has 0 fully saturated rings. The van der Waals surface area contributed by atoms with E-state index in [1.807, 2.05) is 11.0 Å². The van der Waals surface area contributed by atoms with Gasteiger partial charge in [0.2, 0.25) is 0 Å². The number of fused-ring (bicyclic) bond motifs is 1. The van der Waals surface area contributed by atoms with Crippen LogP contribution in [0.3, 0.4) is 0 Å². The van der Waals surface area contributed by atoms with Crippen molar-refractivity contribution < 1.29 is 9.53 Å². The van der Waals surface area contributed by atoms with Crippen LogP contribution in [0.5, 0.6) is 0 Å². The first-order chi connectivity index (χ1) is 11.1. The summed E-state index contributed by atoms with van der Waals surface area (Å²) >= 11 is 4.11. The van der Waals surface area contributed by atoms with Crippen molar-refractivity contribution in [2.45, 2.75) is 26.0 Å². The van der Waals surface area contributed by atoms with Crippen molar-refractivity contribution in [1.82, 2.24) is 4.90 Å². The number of alkyl halides is 1. The van der Waals surface area contributed by atoms with Gasteiger partial charge >= 0.3 is 0 Å². The highest BCUT2D eigenvalue weighted by Gasteiger charge is 2.27. The summed E-state index contributed by atoms with van der Waals surface area (Å²) in [5.74, 6) is 0.177. The van der Waals surface area contributed by atoms with Gasteiger partial charge < -0.3 is 9.64 Å². The van der Waals surface area contributed by atoms with Crippen molar-refractivity contribution in [1.29, 1.82) is 0 Å². The highest BCUT2D eigenvalue weighted by Crippen LogP contribution is 2.35. The molecule has 0 saturated heterocycles. The van der Waals surface area contributed by atoms with Crippen LogP contribution in [0.1, 0.15) is 40.2 Å². The quantitative estimate of drug-likeness (QED) is 0.471. The second-order valence-corrected chi connectivity index (χ2v) is 7.92. The molecule has 0 spiro atoms. The molecule has 2 aromatic rings. The molecule has 0 aliphatic carbocycles. The summed E-state index contributed by atoms with van der Waals surface area (Å²) in [7, 11) is 1.73. The molecule has 1 atom stereocenters. The number of thiophene rings is 1. The van der Waals surface area contributed by atoms with Gasteiger partial charge in [0.25, 0.3) is 5.91 Å². The SMILES string of the molecule is COC(C)c1ccc(-c2ccc3c(c2)CN(CCCI)C3=O)s1. The Kier molecular flexibility index (Phi) is 5.38. The van der Waals surface area contributed by atoms with E-state index in [4.69, 9.17) is 4.74 Å². The minimum atomic E-state index is 0.119. The lowest BCUT2D eigenvalue weighted by molar-refractivity contribution is 0.0779. The van der Waals surface area contributed by atoms with Gasteiger partial charge in [0.05, 0.1) is 6.10 Å². The number of amides is 1. The Morgan fingerprint density at radius 3 is 2.91 bits per heavy atom. The lowest BCUT2D eigenvalue weighted by atomic mass is 10.1. The monoisotopic (exact) mass is 441 g/mol. The van der Waals surface area contributed by atoms with E-state index in [0.717, 1.165) is 35.1 Å². The number of hydrogen-bond acceptors (Lipinski definition) is 3. The standard InChI is InChI=1S/C18H20INO2S/c1-12(22-2)16-6-7-17(23-16)13-4-5-15-14(10-13)11-20(18(15)21)9-3-8-19/h4-7,10,12H,3,8-9,11H2,1-2H3. The molecule has 1 aliphatic rings. The highest BCUT2D eigenvalue weighted by atomic mass is 127. The third-order valence-electron chi connectivity index (χ3n) is 4.21. The average molecular weight is 441 g/mol. The zero-order valence-corrected chi connectivity index (χ0v) is 16.3. The van der Waals surface area contributed by atoms with Gasteiger partial charge in [-0.15, -0.1) is 11.3 Å². The zero-order chi connectivity index (χ0) is 16.4. The number of carbonyl (C=O) groups is 1. The van der Waals surface area contributed by atoms with E-state index >= 15 is 0 Å². The summed E-state index contributed by atoms with van der Waals surface area (Å²) in [4.78, 5) is 16.8. The van der Waals surface area contributed by atoms with Crippen LogP contribution in [-0.4, -0.2) is 28.9 Å². The number of rotatable bonds is 6. The Bertz CT molecular complexity index is 713. The van der Waals surface area contributed by atoms with Crippen molar-refractivity contribution in [2.24, 2.45) is 0 Å². The number of benzene rings is 1. The van der Waals surface area contributed by atoms with Crippen LogP contribution in [-0.2, 0) is 11.3 Å². The molecule has 1 aromatic heterocycles. The molecule has 1 unspecified atom stereocenters. The van der Waals surface area contributed by atoms with Crippen LogP contribution >= 0.6 is 33.9 Å². The second kappa shape index (κ2) is 7.32. The highest BCUT2D eigenvalue weighted by molar-refractivity contribution is 14.1. The predicted molar refractivity (Wildman–Crippen MR) is 103 cm³/mol. The van der Waals surface area contributed by atoms with Crippen LogP contribution in [0.4, 0.5) is 0 Å². The first-order valence-electron chi connectivity index (χ1n) is 7.75. The van der Waals surface area contributed by atoms with E-state index in [1.54, 1.807) is 18.4 Å². The minimum absolute atomic E-state index is 0.119. The lowest BCUT2D eigenvalue weighted by Gasteiger charge is -2.13. The van der Waals surface area contributed by atoms with Crippen molar-refractivity contribution >= 4 is 39.8 Å². The van der Waals surface area contributed by atoms with Gasteiger partial charge in [-0.05, 0) is 48.7 Å². The Hall–Kier alpha value is -0.920. The Balaban J connectivity index is 1.83. The van der Waals surface area contributed by atoms with E-state index in [2.05, 4.69) is 53.8 Å². The normalized spacial score (nSPS) is 15.1. The van der Waals surface area contributed by atoms with Crippen LogP contribution in [0.15, 0.2) is 30.3 Å². The molecule has 23 heavy (non-hydrogen) atoms. The van der Waals surface area contributed by atoms with E-state index in [1.165, 1.54) is 15.3 Å². The third-order valence-corrected chi connectivity index (χ3v) is 6.27. The average Bonchev–Trinajstić information content (AvgIpc) is 3.17. The minimum Gasteiger partial charge on any atom is -0.376 e. The summed E-state index contributed by atoms with van der Waals surface area (Å²) < 4.78 is 6.47. The number of carbonyl (C=O) groups excluding carboxylic acids is 1. The third kappa shape index (κ3) is 3.46. The number of hydrogen-bond donors (Lipinski definition) is 0. The molecule has 0 saturated carbocycles. The number of halogens is 1. The van der Waals surface area contributed by atoms with Gasteiger partial charge in [-0.2, -0.15) is 0 Å². The molecule has 0 bridgehead atoms. The molecule has 2 heterocycles. The fraction of sp³-hybridized carbons (Fsp3) is 0.389. The van der Waals surface area contributed by atoms with Gasteiger partial charge in [0.15, 0.2) is 0 Å². The van der Waals surface area contributed by atoms with Crippen LogP contribution in [0, 0.1) is 0 Å². The Morgan fingerprint density at radius 1 is 1.35 bits per heavy atom. The fourth-order valence-corrected chi connectivity index (χ4v) is 4.18. The molecule has 0 N–H and O–H groups in total. The molecule has 122 valence electrons. The molecular weight excluding hydrogens is 421 g/mol. The molecule has 1 aromatic carbocycles. The lowest BCUT2D eigenvalue weighted by Crippen LogP contribution is -2.25. The maximum atomic E-state index is 12.4. The molecule has 3 rings (SSSR count). The predicted octanol–water partition coefficient (Wildman–Crippen LogP) is 4.90. The topological polar surface area (TPSA) is 29.5 Å². The summed E-state index contributed by atoms with van der Waals surface area (Å²) in [5.41, 5.74) is 3.20. The summed E-state index contributed by atoms with van der Waals surface area (Å²) in [6, 6.07) is 10.5. The van der Waals surface area contributed by atoms with Gasteiger partial charge in [-0.1, -0.05) is 28.7 Å². The Morgan fingerprint density at radius 2 is 2.17 bits per heavy atom. The van der Waals surface area contributed by atoms with Crippen molar-refractivity contribution in [3.8, 4) is 10.4 Å². The maximum absolute atomic E-state index is 12.4. The van der Waals surface area contributed by atoms with E-state index < -0.39 is 0 Å². The van der Waals surface area contributed by atoms with Gasteiger partial charge in [-0.25, -0.2) is 0 Å². The van der Waals surface area contributed by atoms with Gasteiger partial charge in [0.1, 0.15) is 0 Å². The van der Waals surface area contributed by atoms with E-state index in [-0.39, 0.29) is 12.0 Å². The summed E-state index contributed by atoms with van der Waals surface area (Å²) in [6.07, 6.45) is 1.17. The number of nitrogens with zero attached hydrogens (tertiary/aromatic N) is 1. The first kappa shape index (κ1) is 16.9. The number of methoxy groups -OCH3 is 1. The van der Waals surface area contributed by atoms with Gasteiger partial charge in [0, 0.05) is 39.9 Å². The zero-order valence-electron chi connectivity index (χ0n) is 13.3. The van der Waals surface area contributed by atoms with E-state index in [9.17, 15) is 4.79 Å². The largest absolute Gasteiger partial charge is 0.376 e. The first-order valence-corrected chi connectivity index (χ1v) is 10.1. The maximum Gasteiger partial charge on any atom is 0.254 e. The Labute approximate surface area is 154 Å². The smallest absolute Gasteiger partial charge is 0.254 e. The van der Waals surface area contributed by atoms with Crippen molar-refractivity contribution in [3.05, 3.63) is 46.3 Å². The molecule has 0 radical (unpaired) electrons. The fourth-order valence-electron chi connectivity index (χ4n) is 2.81. The van der Waals surface area contributed by atoms with E-state index in [0.29, 0.717) is 0 Å². The second-order valence-electron chi connectivity index (χ2n) is 5.72. The van der Waals surface area contributed by atoms with Crippen molar-refractivity contribution in [2.75, 3.05) is 18.1 Å². The number of ether oxygens (including phenoxy) is 1. The van der Waals surface area contributed by atoms with Crippen LogP contribution in [0.25, 0.3) is 10.4 Å². The van der Waals surface area contributed by atoms with Gasteiger partial charge in [-0.3, -0.25) is 4.79 Å². The molecular formula is C18H20INO2S. The summed E-state index contributed by atoms with van der Waals surface area (Å²) in [6.45, 7) is 3.65. The van der Waals surface area contributed by atoms with Crippen LogP contribution in [0.2, 0.25) is 0 Å². The van der Waals surface area contributed by atoms with Crippen LogP contribution < -0.4 is 0 Å².